The first kappa shape index (κ1) is 13.7. The van der Waals surface area contributed by atoms with E-state index < -0.39 is 0 Å². The average Bonchev–Trinajstić information content (AvgIpc) is 2.86. The number of hydrogen-bond acceptors (Lipinski definition) is 2. The van der Waals surface area contributed by atoms with Gasteiger partial charge in [0.25, 0.3) is 0 Å². The van der Waals surface area contributed by atoms with Crippen molar-refractivity contribution in [1.82, 2.24) is 9.88 Å². The van der Waals surface area contributed by atoms with Gasteiger partial charge in [-0.15, -0.1) is 0 Å². The third-order valence-corrected chi connectivity index (χ3v) is 3.35. The SMILES string of the molecule is CCNCc1cccn1Cc1ccc(C#N)cc1Cl. The minimum atomic E-state index is 0.592. The zero-order chi connectivity index (χ0) is 13.7. The van der Waals surface area contributed by atoms with Gasteiger partial charge in [0, 0.05) is 30.0 Å². The lowest BCUT2D eigenvalue weighted by atomic mass is 10.1. The van der Waals surface area contributed by atoms with Crippen LogP contribution in [-0.2, 0) is 13.1 Å². The van der Waals surface area contributed by atoms with Gasteiger partial charge >= 0.3 is 0 Å². The molecule has 19 heavy (non-hydrogen) atoms. The monoisotopic (exact) mass is 273 g/mol. The molecule has 0 aliphatic heterocycles. The lowest BCUT2D eigenvalue weighted by Crippen LogP contribution is -2.15. The summed E-state index contributed by atoms with van der Waals surface area (Å²) in [5.74, 6) is 0. The van der Waals surface area contributed by atoms with Crippen LogP contribution in [0.25, 0.3) is 0 Å². The van der Waals surface area contributed by atoms with Crippen molar-refractivity contribution in [3.63, 3.8) is 0 Å². The molecule has 4 heteroatoms. The quantitative estimate of drug-likeness (QED) is 0.909. The zero-order valence-electron chi connectivity index (χ0n) is 10.9. The molecule has 98 valence electrons. The van der Waals surface area contributed by atoms with Crippen LogP contribution in [0.15, 0.2) is 36.5 Å². The largest absolute Gasteiger partial charge is 0.346 e. The van der Waals surface area contributed by atoms with E-state index in [4.69, 9.17) is 16.9 Å². The number of rotatable bonds is 5. The second-order valence-corrected chi connectivity index (χ2v) is 4.73. The molecule has 0 aliphatic rings. The Morgan fingerprint density at radius 2 is 2.21 bits per heavy atom. The fourth-order valence-electron chi connectivity index (χ4n) is 1.95. The second-order valence-electron chi connectivity index (χ2n) is 4.33. The normalized spacial score (nSPS) is 10.4. The lowest BCUT2D eigenvalue weighted by Gasteiger charge is -2.11. The highest BCUT2D eigenvalue weighted by atomic mass is 35.5. The highest BCUT2D eigenvalue weighted by Gasteiger charge is 2.05. The summed E-state index contributed by atoms with van der Waals surface area (Å²) in [6.07, 6.45) is 2.04. The molecule has 0 amide bonds. The number of halogens is 1. The molecule has 0 fully saturated rings. The van der Waals surface area contributed by atoms with Gasteiger partial charge in [-0.3, -0.25) is 0 Å². The van der Waals surface area contributed by atoms with Crippen molar-refractivity contribution in [3.8, 4) is 6.07 Å². The van der Waals surface area contributed by atoms with Crippen LogP contribution in [0.5, 0.6) is 0 Å². The van der Waals surface area contributed by atoms with Crippen molar-refractivity contribution in [2.45, 2.75) is 20.0 Å². The van der Waals surface area contributed by atoms with E-state index in [-0.39, 0.29) is 0 Å². The molecule has 0 spiro atoms. The maximum atomic E-state index is 8.83. The molecule has 1 aromatic carbocycles. The second kappa shape index (κ2) is 6.42. The van der Waals surface area contributed by atoms with E-state index in [1.807, 2.05) is 18.3 Å². The van der Waals surface area contributed by atoms with Crippen molar-refractivity contribution in [2.24, 2.45) is 0 Å². The topological polar surface area (TPSA) is 40.8 Å². The molecule has 3 nitrogen and oxygen atoms in total. The van der Waals surface area contributed by atoms with E-state index in [2.05, 4.69) is 28.9 Å². The Morgan fingerprint density at radius 3 is 2.89 bits per heavy atom. The van der Waals surface area contributed by atoms with Crippen LogP contribution in [0.3, 0.4) is 0 Å². The fraction of sp³-hybridized carbons (Fsp3) is 0.267. The Bertz CT molecular complexity index is 596. The first-order valence-electron chi connectivity index (χ1n) is 6.28. The maximum absolute atomic E-state index is 8.83. The summed E-state index contributed by atoms with van der Waals surface area (Å²) in [6.45, 7) is 4.60. The maximum Gasteiger partial charge on any atom is 0.0992 e. The van der Waals surface area contributed by atoms with Gasteiger partial charge in [-0.2, -0.15) is 5.26 Å². The molecular formula is C15H16ClN3. The molecule has 0 saturated carbocycles. The van der Waals surface area contributed by atoms with Crippen LogP contribution >= 0.6 is 11.6 Å². The summed E-state index contributed by atoms with van der Waals surface area (Å²) in [5, 5.41) is 12.8. The van der Waals surface area contributed by atoms with Gasteiger partial charge in [0.1, 0.15) is 0 Å². The molecule has 2 rings (SSSR count). The van der Waals surface area contributed by atoms with Crippen LogP contribution in [0, 0.1) is 11.3 Å². The summed E-state index contributed by atoms with van der Waals surface area (Å²) in [7, 11) is 0. The van der Waals surface area contributed by atoms with Gasteiger partial charge in [0.05, 0.1) is 11.6 Å². The van der Waals surface area contributed by atoms with Crippen molar-refractivity contribution >= 4 is 11.6 Å². The Morgan fingerprint density at radius 1 is 1.37 bits per heavy atom. The van der Waals surface area contributed by atoms with E-state index >= 15 is 0 Å². The molecule has 0 bridgehead atoms. The van der Waals surface area contributed by atoms with Gasteiger partial charge in [-0.25, -0.2) is 0 Å². The predicted octanol–water partition coefficient (Wildman–Crippen LogP) is 3.17. The lowest BCUT2D eigenvalue weighted by molar-refractivity contribution is 0.657. The average molecular weight is 274 g/mol. The number of nitrogens with zero attached hydrogens (tertiary/aromatic N) is 2. The summed E-state index contributed by atoms with van der Waals surface area (Å²) >= 11 is 6.20. The molecule has 0 atom stereocenters. The zero-order valence-corrected chi connectivity index (χ0v) is 11.6. The summed E-state index contributed by atoms with van der Waals surface area (Å²) in [5.41, 5.74) is 2.84. The van der Waals surface area contributed by atoms with Crippen LogP contribution < -0.4 is 5.32 Å². The minimum Gasteiger partial charge on any atom is -0.346 e. The fourth-order valence-corrected chi connectivity index (χ4v) is 2.19. The molecule has 1 heterocycles. The van der Waals surface area contributed by atoms with Crippen molar-refractivity contribution in [3.05, 3.63) is 58.4 Å². The third-order valence-electron chi connectivity index (χ3n) is 3.00. The molecule has 0 saturated heterocycles. The summed E-state index contributed by atoms with van der Waals surface area (Å²) in [6, 6.07) is 11.6. The van der Waals surface area contributed by atoms with E-state index in [1.54, 1.807) is 12.1 Å². The number of nitriles is 1. The Hall–Kier alpha value is -1.76. The van der Waals surface area contributed by atoms with Crippen LogP contribution in [-0.4, -0.2) is 11.1 Å². The van der Waals surface area contributed by atoms with Crippen LogP contribution in [0.4, 0.5) is 0 Å². The summed E-state index contributed by atoms with van der Waals surface area (Å²) in [4.78, 5) is 0. The smallest absolute Gasteiger partial charge is 0.0992 e. The first-order chi connectivity index (χ1) is 9.24. The molecule has 2 aromatic rings. The highest BCUT2D eigenvalue weighted by molar-refractivity contribution is 6.31. The predicted molar refractivity (Wildman–Crippen MR) is 77.1 cm³/mol. The van der Waals surface area contributed by atoms with Crippen molar-refractivity contribution < 1.29 is 0 Å². The van der Waals surface area contributed by atoms with Crippen LogP contribution in [0.1, 0.15) is 23.7 Å². The van der Waals surface area contributed by atoms with Gasteiger partial charge in [0.15, 0.2) is 0 Å². The number of aromatic nitrogens is 1. The minimum absolute atomic E-state index is 0.592. The third kappa shape index (κ3) is 3.37. The van der Waals surface area contributed by atoms with Gasteiger partial charge in [-0.1, -0.05) is 24.6 Å². The van der Waals surface area contributed by atoms with Crippen molar-refractivity contribution in [1.29, 1.82) is 5.26 Å². The highest BCUT2D eigenvalue weighted by Crippen LogP contribution is 2.19. The molecule has 1 N–H and O–H groups in total. The van der Waals surface area contributed by atoms with E-state index in [0.29, 0.717) is 10.6 Å². The number of nitrogens with one attached hydrogen (secondary N) is 1. The Balaban J connectivity index is 2.17. The standard InChI is InChI=1S/C15H16ClN3/c1-2-18-10-14-4-3-7-19(14)11-13-6-5-12(9-17)8-15(13)16/h3-8,18H,2,10-11H2,1H3. The van der Waals surface area contributed by atoms with E-state index in [9.17, 15) is 0 Å². The molecule has 0 aliphatic carbocycles. The van der Waals surface area contributed by atoms with E-state index in [0.717, 1.165) is 25.2 Å². The number of hydrogen-bond donors (Lipinski definition) is 1. The van der Waals surface area contributed by atoms with Gasteiger partial charge < -0.3 is 9.88 Å². The van der Waals surface area contributed by atoms with Crippen molar-refractivity contribution in [2.75, 3.05) is 6.54 Å². The van der Waals surface area contributed by atoms with E-state index in [1.165, 1.54) is 5.69 Å². The Labute approximate surface area is 118 Å². The summed E-state index contributed by atoms with van der Waals surface area (Å²) < 4.78 is 2.16. The first-order valence-corrected chi connectivity index (χ1v) is 6.65. The van der Waals surface area contributed by atoms with Gasteiger partial charge in [-0.05, 0) is 36.4 Å². The van der Waals surface area contributed by atoms with Gasteiger partial charge in [0.2, 0.25) is 0 Å². The number of benzene rings is 1. The van der Waals surface area contributed by atoms with Crippen LogP contribution in [0.2, 0.25) is 5.02 Å². The molecule has 0 unspecified atom stereocenters. The molecular weight excluding hydrogens is 258 g/mol. The molecule has 1 aromatic heterocycles. The Kier molecular flexibility index (Phi) is 4.62. The molecule has 0 radical (unpaired) electrons.